The van der Waals surface area contributed by atoms with Crippen molar-refractivity contribution >= 4 is 15.9 Å². The number of halogens is 4. The van der Waals surface area contributed by atoms with Crippen LogP contribution >= 0.6 is 15.9 Å². The molecule has 1 aromatic rings. The van der Waals surface area contributed by atoms with Gasteiger partial charge in [-0.3, -0.25) is 0 Å². The largest absolute Gasteiger partial charge is 0.416 e. The van der Waals surface area contributed by atoms with Crippen molar-refractivity contribution in [2.24, 2.45) is 0 Å². The molecule has 0 spiro atoms. The Kier molecular flexibility index (Phi) is 3.25. The molecule has 1 aliphatic rings. The average Bonchev–Trinajstić information content (AvgIpc) is 2.64. The monoisotopic (exact) mass is 307 g/mol. The van der Waals surface area contributed by atoms with Crippen LogP contribution < -0.4 is 5.32 Å². The lowest BCUT2D eigenvalue weighted by molar-refractivity contribution is -0.137. The maximum absolute atomic E-state index is 12.7. The highest BCUT2D eigenvalue weighted by atomic mass is 79.9. The third-order valence-electron chi connectivity index (χ3n) is 3.23. The molecule has 94 valence electrons. The van der Waals surface area contributed by atoms with E-state index < -0.39 is 11.7 Å². The lowest BCUT2D eigenvalue weighted by Crippen LogP contribution is -2.33. The molecule has 1 aromatic carbocycles. The molecule has 1 aliphatic heterocycles. The summed E-state index contributed by atoms with van der Waals surface area (Å²) in [6.45, 7) is 2.80. The zero-order chi connectivity index (χ0) is 12.7. The van der Waals surface area contributed by atoms with E-state index in [0.717, 1.165) is 25.5 Å². The summed E-state index contributed by atoms with van der Waals surface area (Å²) < 4.78 is 38.6. The predicted molar refractivity (Wildman–Crippen MR) is 63.7 cm³/mol. The number of benzene rings is 1. The number of hydrogen-bond acceptors (Lipinski definition) is 1. The number of hydrogen-bond donors (Lipinski definition) is 1. The van der Waals surface area contributed by atoms with Crippen molar-refractivity contribution in [1.29, 1.82) is 0 Å². The molecule has 0 saturated carbocycles. The van der Waals surface area contributed by atoms with Crippen molar-refractivity contribution in [2.75, 3.05) is 6.54 Å². The topological polar surface area (TPSA) is 12.0 Å². The molecule has 0 aromatic heterocycles. The van der Waals surface area contributed by atoms with Crippen LogP contribution in [0.4, 0.5) is 13.2 Å². The van der Waals surface area contributed by atoms with Crippen molar-refractivity contribution in [1.82, 2.24) is 5.32 Å². The van der Waals surface area contributed by atoms with Gasteiger partial charge in [-0.15, -0.1) is 0 Å². The molecular weight excluding hydrogens is 295 g/mol. The molecule has 1 fully saturated rings. The van der Waals surface area contributed by atoms with Gasteiger partial charge in [0.1, 0.15) is 0 Å². The van der Waals surface area contributed by atoms with Gasteiger partial charge in [-0.2, -0.15) is 13.2 Å². The van der Waals surface area contributed by atoms with Crippen LogP contribution in [0.5, 0.6) is 0 Å². The minimum Gasteiger partial charge on any atom is -0.308 e. The summed E-state index contributed by atoms with van der Waals surface area (Å²) in [6, 6.07) is 4.11. The fourth-order valence-corrected chi connectivity index (χ4v) is 2.71. The van der Waals surface area contributed by atoms with Gasteiger partial charge >= 0.3 is 6.18 Å². The van der Waals surface area contributed by atoms with Gasteiger partial charge in [0.25, 0.3) is 0 Å². The number of alkyl halides is 3. The standard InChI is InChI=1S/C12H13BrF3N/c1-11(3-2-4-17-11)8-5-9(12(14,15)16)7-10(13)6-8/h5-7,17H,2-4H2,1H3. The van der Waals surface area contributed by atoms with Crippen molar-refractivity contribution in [3.05, 3.63) is 33.8 Å². The summed E-state index contributed by atoms with van der Waals surface area (Å²) in [7, 11) is 0. The summed E-state index contributed by atoms with van der Waals surface area (Å²) >= 11 is 3.15. The maximum atomic E-state index is 12.7. The molecule has 1 N–H and O–H groups in total. The Balaban J connectivity index is 2.45. The van der Waals surface area contributed by atoms with Crippen LogP contribution in [0.1, 0.15) is 30.9 Å². The Morgan fingerprint density at radius 2 is 2.00 bits per heavy atom. The van der Waals surface area contributed by atoms with Gasteiger partial charge in [0.2, 0.25) is 0 Å². The Morgan fingerprint density at radius 1 is 1.29 bits per heavy atom. The second-order valence-corrected chi connectivity index (χ2v) is 5.50. The van der Waals surface area contributed by atoms with Crippen LogP contribution in [0.25, 0.3) is 0 Å². The van der Waals surface area contributed by atoms with Crippen LogP contribution in [0.3, 0.4) is 0 Å². The molecule has 0 radical (unpaired) electrons. The molecule has 1 unspecified atom stereocenters. The zero-order valence-corrected chi connectivity index (χ0v) is 11.0. The van der Waals surface area contributed by atoms with E-state index in [9.17, 15) is 13.2 Å². The Hall–Kier alpha value is -0.550. The van der Waals surface area contributed by atoms with E-state index in [1.807, 2.05) is 6.92 Å². The Bertz CT molecular complexity index is 422. The molecule has 0 bridgehead atoms. The first-order valence-corrected chi connectivity index (χ1v) is 6.24. The van der Waals surface area contributed by atoms with E-state index >= 15 is 0 Å². The fourth-order valence-electron chi connectivity index (χ4n) is 2.21. The molecule has 1 saturated heterocycles. The average molecular weight is 308 g/mol. The molecular formula is C12H13BrF3N. The van der Waals surface area contributed by atoms with Gasteiger partial charge in [0.05, 0.1) is 5.56 Å². The highest BCUT2D eigenvalue weighted by molar-refractivity contribution is 9.10. The van der Waals surface area contributed by atoms with Gasteiger partial charge in [-0.05, 0) is 50.1 Å². The van der Waals surface area contributed by atoms with E-state index in [4.69, 9.17) is 0 Å². The third kappa shape index (κ3) is 2.65. The number of nitrogens with one attached hydrogen (secondary N) is 1. The van der Waals surface area contributed by atoms with Crippen LogP contribution in [0, 0.1) is 0 Å². The first-order valence-electron chi connectivity index (χ1n) is 5.45. The van der Waals surface area contributed by atoms with Gasteiger partial charge in [0.15, 0.2) is 0 Å². The number of rotatable bonds is 1. The van der Waals surface area contributed by atoms with Gasteiger partial charge in [-0.1, -0.05) is 15.9 Å². The summed E-state index contributed by atoms with van der Waals surface area (Å²) in [5.74, 6) is 0. The molecule has 2 rings (SSSR count). The maximum Gasteiger partial charge on any atom is 0.416 e. The second-order valence-electron chi connectivity index (χ2n) is 4.59. The molecule has 1 nitrogen and oxygen atoms in total. The van der Waals surface area contributed by atoms with Crippen LogP contribution in [0.2, 0.25) is 0 Å². The van der Waals surface area contributed by atoms with E-state index in [1.54, 1.807) is 6.07 Å². The molecule has 1 atom stereocenters. The van der Waals surface area contributed by atoms with E-state index in [-0.39, 0.29) is 5.54 Å². The highest BCUT2D eigenvalue weighted by Gasteiger charge is 2.35. The zero-order valence-electron chi connectivity index (χ0n) is 9.37. The fraction of sp³-hybridized carbons (Fsp3) is 0.500. The second kappa shape index (κ2) is 4.28. The molecule has 5 heteroatoms. The van der Waals surface area contributed by atoms with Gasteiger partial charge in [-0.25, -0.2) is 0 Å². The summed E-state index contributed by atoms with van der Waals surface area (Å²) in [6.07, 6.45) is -2.45. The highest BCUT2D eigenvalue weighted by Crippen LogP contribution is 2.37. The summed E-state index contributed by atoms with van der Waals surface area (Å²) in [4.78, 5) is 0. The van der Waals surface area contributed by atoms with E-state index in [0.29, 0.717) is 10.0 Å². The van der Waals surface area contributed by atoms with Crippen LogP contribution in [0.15, 0.2) is 22.7 Å². The summed E-state index contributed by atoms with van der Waals surface area (Å²) in [5, 5.41) is 3.27. The quantitative estimate of drug-likeness (QED) is 0.825. The molecule has 17 heavy (non-hydrogen) atoms. The van der Waals surface area contributed by atoms with Crippen molar-refractivity contribution in [3.8, 4) is 0 Å². The van der Waals surface area contributed by atoms with Crippen molar-refractivity contribution in [3.63, 3.8) is 0 Å². The first-order chi connectivity index (χ1) is 7.81. The van der Waals surface area contributed by atoms with Crippen molar-refractivity contribution < 1.29 is 13.2 Å². The summed E-state index contributed by atoms with van der Waals surface area (Å²) in [5.41, 5.74) is -0.252. The minimum absolute atomic E-state index is 0.343. The Labute approximate surface area is 107 Å². The van der Waals surface area contributed by atoms with E-state index in [1.165, 1.54) is 6.07 Å². The predicted octanol–water partition coefficient (Wildman–Crippen LogP) is 4.07. The normalized spacial score (nSPS) is 25.2. The van der Waals surface area contributed by atoms with Crippen molar-refractivity contribution in [2.45, 2.75) is 31.5 Å². The lowest BCUT2D eigenvalue weighted by atomic mass is 9.89. The Morgan fingerprint density at radius 3 is 2.53 bits per heavy atom. The molecule has 1 heterocycles. The van der Waals surface area contributed by atoms with E-state index in [2.05, 4.69) is 21.2 Å². The minimum atomic E-state index is -4.30. The molecule has 0 amide bonds. The van der Waals surface area contributed by atoms with Gasteiger partial charge in [0, 0.05) is 10.0 Å². The third-order valence-corrected chi connectivity index (χ3v) is 3.69. The lowest BCUT2D eigenvalue weighted by Gasteiger charge is -2.26. The SMILES string of the molecule is CC1(c2cc(Br)cc(C(F)(F)F)c2)CCCN1. The van der Waals surface area contributed by atoms with Gasteiger partial charge < -0.3 is 5.32 Å². The molecule has 0 aliphatic carbocycles. The smallest absolute Gasteiger partial charge is 0.308 e. The van der Waals surface area contributed by atoms with Crippen LogP contribution in [-0.2, 0) is 11.7 Å². The first kappa shape index (κ1) is 12.9. The van der Waals surface area contributed by atoms with Crippen LogP contribution in [-0.4, -0.2) is 6.54 Å².